The van der Waals surface area contributed by atoms with E-state index in [1.165, 1.54) is 15.6 Å². The van der Waals surface area contributed by atoms with Crippen molar-refractivity contribution >= 4 is 38.9 Å². The molecule has 0 radical (unpaired) electrons. The molecule has 1 saturated heterocycles. The molecule has 1 fully saturated rings. The smallest absolute Gasteiger partial charge is 0.270 e. The average Bonchev–Trinajstić information content (AvgIpc) is 3.00. The summed E-state index contributed by atoms with van der Waals surface area (Å²) >= 11 is 1.19. The van der Waals surface area contributed by atoms with Crippen molar-refractivity contribution in [2.24, 2.45) is 5.10 Å². The Kier molecular flexibility index (Phi) is 4.97. The molecule has 1 aromatic rings. The molecular formula is C14H18N4O4S2. The molecule has 8 nitrogen and oxygen atoms in total. The predicted molar refractivity (Wildman–Crippen MR) is 89.1 cm³/mol. The van der Waals surface area contributed by atoms with Gasteiger partial charge < -0.3 is 4.90 Å². The van der Waals surface area contributed by atoms with Crippen molar-refractivity contribution in [3.63, 3.8) is 0 Å². The van der Waals surface area contributed by atoms with Crippen LogP contribution in [-0.4, -0.2) is 61.3 Å². The molecule has 0 aromatic carbocycles. The summed E-state index contributed by atoms with van der Waals surface area (Å²) in [6.45, 7) is 1.43. The van der Waals surface area contributed by atoms with E-state index in [0.717, 1.165) is 0 Å². The SMILES string of the molecule is O=C1CCC(C(=O)N2CCCN(S(=O)(=O)c3cccs3)CC2)=NN1. The number of hydrogen-bond donors (Lipinski definition) is 1. The summed E-state index contributed by atoms with van der Waals surface area (Å²) in [5.74, 6) is -0.430. The fourth-order valence-electron chi connectivity index (χ4n) is 2.69. The van der Waals surface area contributed by atoms with E-state index in [9.17, 15) is 18.0 Å². The maximum absolute atomic E-state index is 12.6. The molecule has 2 amide bonds. The summed E-state index contributed by atoms with van der Waals surface area (Å²) in [6.07, 6.45) is 1.13. The number of carbonyl (C=O) groups is 2. The highest BCUT2D eigenvalue weighted by Gasteiger charge is 2.30. The first-order valence-electron chi connectivity index (χ1n) is 7.67. The number of rotatable bonds is 3. The fourth-order valence-corrected chi connectivity index (χ4v) is 5.30. The van der Waals surface area contributed by atoms with Crippen LogP contribution in [0.3, 0.4) is 0 Å². The Labute approximate surface area is 144 Å². The minimum atomic E-state index is -3.50. The topological polar surface area (TPSA) is 99.2 Å². The molecule has 0 spiro atoms. The third-order valence-electron chi connectivity index (χ3n) is 3.98. The highest BCUT2D eigenvalue weighted by atomic mass is 32.2. The van der Waals surface area contributed by atoms with Crippen molar-refractivity contribution in [3.8, 4) is 0 Å². The van der Waals surface area contributed by atoms with E-state index in [-0.39, 0.29) is 24.8 Å². The molecule has 24 heavy (non-hydrogen) atoms. The standard InChI is InChI=1S/C14H18N4O4S2/c19-12-5-4-11(15-16-12)14(20)17-6-2-7-18(9-8-17)24(21,22)13-3-1-10-23-13/h1,3,10H,2,4-9H2,(H,16,19). The highest BCUT2D eigenvalue weighted by molar-refractivity contribution is 7.91. The maximum atomic E-state index is 12.6. The van der Waals surface area contributed by atoms with Gasteiger partial charge in [0.1, 0.15) is 9.92 Å². The van der Waals surface area contributed by atoms with Gasteiger partial charge in [-0.25, -0.2) is 13.8 Å². The van der Waals surface area contributed by atoms with E-state index < -0.39 is 10.0 Å². The molecule has 1 N–H and O–H groups in total. The molecule has 0 atom stereocenters. The van der Waals surface area contributed by atoms with Crippen LogP contribution in [0.4, 0.5) is 0 Å². The molecule has 0 aliphatic carbocycles. The van der Waals surface area contributed by atoms with E-state index in [1.54, 1.807) is 22.4 Å². The second-order valence-electron chi connectivity index (χ2n) is 5.58. The minimum Gasteiger partial charge on any atom is -0.336 e. The minimum absolute atomic E-state index is 0.198. The van der Waals surface area contributed by atoms with Gasteiger partial charge >= 0.3 is 0 Å². The average molecular weight is 370 g/mol. The summed E-state index contributed by atoms with van der Waals surface area (Å²) in [5, 5.41) is 5.55. The maximum Gasteiger partial charge on any atom is 0.270 e. The first-order valence-corrected chi connectivity index (χ1v) is 9.99. The largest absolute Gasteiger partial charge is 0.336 e. The van der Waals surface area contributed by atoms with Crippen molar-refractivity contribution in [1.29, 1.82) is 0 Å². The van der Waals surface area contributed by atoms with Crippen molar-refractivity contribution in [1.82, 2.24) is 14.6 Å². The number of hydrazone groups is 1. The summed E-state index contributed by atoms with van der Waals surface area (Å²) < 4.78 is 26.9. The van der Waals surface area contributed by atoms with Gasteiger partial charge in [-0.2, -0.15) is 9.41 Å². The van der Waals surface area contributed by atoms with E-state index in [2.05, 4.69) is 10.5 Å². The molecule has 3 rings (SSSR count). The molecule has 2 aliphatic heterocycles. The third kappa shape index (κ3) is 3.50. The second kappa shape index (κ2) is 6.99. The van der Waals surface area contributed by atoms with Gasteiger partial charge in [-0.3, -0.25) is 9.59 Å². The Morgan fingerprint density at radius 1 is 1.21 bits per heavy atom. The van der Waals surface area contributed by atoms with Crippen molar-refractivity contribution in [2.75, 3.05) is 26.2 Å². The van der Waals surface area contributed by atoms with Crippen LogP contribution >= 0.6 is 11.3 Å². The lowest BCUT2D eigenvalue weighted by atomic mass is 10.1. The summed E-state index contributed by atoms with van der Waals surface area (Å²) in [7, 11) is -3.50. The van der Waals surface area contributed by atoms with Gasteiger partial charge in [0, 0.05) is 39.0 Å². The predicted octanol–water partition coefficient (Wildman–Crippen LogP) is 0.237. The van der Waals surface area contributed by atoms with E-state index in [4.69, 9.17) is 0 Å². The molecule has 1 aromatic heterocycles. The second-order valence-corrected chi connectivity index (χ2v) is 8.69. The van der Waals surface area contributed by atoms with Gasteiger partial charge in [0.15, 0.2) is 0 Å². The number of amides is 2. The first kappa shape index (κ1) is 17.1. The Hall–Kier alpha value is -1.78. The van der Waals surface area contributed by atoms with Crippen molar-refractivity contribution in [2.45, 2.75) is 23.5 Å². The van der Waals surface area contributed by atoms with Crippen LogP contribution in [0, 0.1) is 0 Å². The zero-order chi connectivity index (χ0) is 17.2. The van der Waals surface area contributed by atoms with Gasteiger partial charge in [0.25, 0.3) is 15.9 Å². The van der Waals surface area contributed by atoms with Crippen LogP contribution in [-0.2, 0) is 19.6 Å². The van der Waals surface area contributed by atoms with E-state index in [1.807, 2.05) is 0 Å². The van der Waals surface area contributed by atoms with Gasteiger partial charge in [-0.15, -0.1) is 11.3 Å². The molecule has 0 saturated carbocycles. The first-order chi connectivity index (χ1) is 11.5. The van der Waals surface area contributed by atoms with Crippen LogP contribution in [0.15, 0.2) is 26.8 Å². The molecule has 130 valence electrons. The number of nitrogens with zero attached hydrogens (tertiary/aromatic N) is 3. The molecule has 2 aliphatic rings. The normalized spacial score (nSPS) is 20.2. The Balaban J connectivity index is 1.67. The Bertz CT molecular complexity index is 758. The zero-order valence-electron chi connectivity index (χ0n) is 13.0. The molecule has 0 bridgehead atoms. The fraction of sp³-hybridized carbons (Fsp3) is 0.500. The molecule has 3 heterocycles. The lowest BCUT2D eigenvalue weighted by molar-refractivity contribution is -0.124. The summed E-state index contributed by atoms with van der Waals surface area (Å²) in [4.78, 5) is 25.2. The van der Waals surface area contributed by atoms with Crippen molar-refractivity contribution in [3.05, 3.63) is 17.5 Å². The van der Waals surface area contributed by atoms with Gasteiger partial charge in [0.05, 0.1) is 0 Å². The number of sulfonamides is 1. The Morgan fingerprint density at radius 2 is 2.04 bits per heavy atom. The zero-order valence-corrected chi connectivity index (χ0v) is 14.6. The lowest BCUT2D eigenvalue weighted by Crippen LogP contribution is -2.42. The third-order valence-corrected chi connectivity index (χ3v) is 7.25. The van der Waals surface area contributed by atoms with Crippen molar-refractivity contribution < 1.29 is 18.0 Å². The van der Waals surface area contributed by atoms with Crippen LogP contribution in [0.25, 0.3) is 0 Å². The van der Waals surface area contributed by atoms with E-state index >= 15 is 0 Å². The number of thiophene rings is 1. The van der Waals surface area contributed by atoms with Gasteiger partial charge in [0.2, 0.25) is 5.91 Å². The number of hydrogen-bond acceptors (Lipinski definition) is 6. The Morgan fingerprint density at radius 3 is 2.71 bits per heavy atom. The summed E-state index contributed by atoms with van der Waals surface area (Å²) in [6, 6.07) is 3.30. The van der Waals surface area contributed by atoms with Gasteiger partial charge in [-0.05, 0) is 17.9 Å². The number of nitrogens with one attached hydrogen (secondary N) is 1. The molecule has 10 heteroatoms. The van der Waals surface area contributed by atoms with Gasteiger partial charge in [-0.1, -0.05) is 6.07 Å². The van der Waals surface area contributed by atoms with Crippen LogP contribution in [0.1, 0.15) is 19.3 Å². The van der Waals surface area contributed by atoms with E-state index in [0.29, 0.717) is 42.4 Å². The van der Waals surface area contributed by atoms with Crippen LogP contribution in [0.5, 0.6) is 0 Å². The van der Waals surface area contributed by atoms with Crippen LogP contribution < -0.4 is 5.43 Å². The highest BCUT2D eigenvalue weighted by Crippen LogP contribution is 2.22. The lowest BCUT2D eigenvalue weighted by Gasteiger charge is -2.23. The monoisotopic (exact) mass is 370 g/mol. The molecule has 0 unspecified atom stereocenters. The number of carbonyl (C=O) groups excluding carboxylic acids is 2. The summed E-state index contributed by atoms with van der Waals surface area (Å²) in [5.41, 5.74) is 2.64. The molecular weight excluding hydrogens is 352 g/mol. The van der Waals surface area contributed by atoms with Crippen LogP contribution in [0.2, 0.25) is 0 Å². The quantitative estimate of drug-likeness (QED) is 0.824.